The Labute approximate surface area is 269 Å². The largest absolute Gasteiger partial charge is 0.460 e. The van der Waals surface area contributed by atoms with E-state index in [2.05, 4.69) is 39.2 Å². The maximum atomic E-state index is 14.9. The van der Waals surface area contributed by atoms with Crippen LogP contribution in [0, 0.1) is 23.2 Å². The van der Waals surface area contributed by atoms with E-state index in [1.165, 1.54) is 0 Å². The zero-order chi connectivity index (χ0) is 33.9. The van der Waals surface area contributed by atoms with Gasteiger partial charge in [0.2, 0.25) is 17.7 Å². The molecule has 3 amide bonds. The van der Waals surface area contributed by atoms with E-state index in [1.54, 1.807) is 28.9 Å². The van der Waals surface area contributed by atoms with Gasteiger partial charge in [-0.05, 0) is 64.2 Å². The molecule has 0 aromatic carbocycles. The van der Waals surface area contributed by atoms with Gasteiger partial charge in [0, 0.05) is 18.5 Å². The van der Waals surface area contributed by atoms with Crippen molar-refractivity contribution >= 4 is 23.7 Å². The number of hydrogen-bond donors (Lipinski definition) is 2. The zero-order valence-corrected chi connectivity index (χ0v) is 28.8. The number of allylic oxidation sites excluding steroid dienone is 1. The standard InChI is InChI=1S/C35H57N3O7/c1-11-13-14-26(40)36-19-23(5)44-32(43)27-25-15-16-35(45-25)28(27)30(41)38(24(20-39)18-22(3)4)29(35)31(42)37(17-12-2)34(9,10)21-33(6,7)8/h11-12,22-25,27-29,39H,1-2,13-21H2,3-10H3,(H,36,40)/t23-,24+,25+,27-,28-,29+,35-/m0/s1. The highest BCUT2D eigenvalue weighted by molar-refractivity contribution is 5.98. The van der Waals surface area contributed by atoms with Gasteiger partial charge in [0.15, 0.2) is 0 Å². The second-order valence-electron chi connectivity index (χ2n) is 15.4. The lowest BCUT2D eigenvalue weighted by atomic mass is 9.70. The molecule has 1 spiro atoms. The maximum absolute atomic E-state index is 14.9. The fourth-order valence-electron chi connectivity index (χ4n) is 8.05. The Morgan fingerprint density at radius 3 is 2.40 bits per heavy atom. The Hall–Kier alpha value is -2.72. The van der Waals surface area contributed by atoms with Gasteiger partial charge in [-0.2, -0.15) is 0 Å². The van der Waals surface area contributed by atoms with Crippen LogP contribution in [0.5, 0.6) is 0 Å². The molecule has 254 valence electrons. The van der Waals surface area contributed by atoms with Crippen LogP contribution in [0.3, 0.4) is 0 Å². The summed E-state index contributed by atoms with van der Waals surface area (Å²) < 4.78 is 12.4. The van der Waals surface area contributed by atoms with Gasteiger partial charge in [0.25, 0.3) is 0 Å². The molecule has 0 saturated carbocycles. The van der Waals surface area contributed by atoms with Gasteiger partial charge in [-0.15, -0.1) is 13.2 Å². The van der Waals surface area contributed by atoms with Crippen LogP contribution in [0.1, 0.15) is 93.9 Å². The summed E-state index contributed by atoms with van der Waals surface area (Å²) in [4.78, 5) is 58.5. The highest BCUT2D eigenvalue weighted by atomic mass is 16.6. The van der Waals surface area contributed by atoms with Crippen molar-refractivity contribution in [3.8, 4) is 0 Å². The molecule has 0 aromatic rings. The van der Waals surface area contributed by atoms with Crippen LogP contribution < -0.4 is 5.32 Å². The predicted molar refractivity (Wildman–Crippen MR) is 173 cm³/mol. The predicted octanol–water partition coefficient (Wildman–Crippen LogP) is 4.01. The number of carbonyl (C=O) groups is 4. The summed E-state index contributed by atoms with van der Waals surface area (Å²) in [6.07, 6.45) is 5.16. The lowest BCUT2D eigenvalue weighted by Gasteiger charge is -2.46. The van der Waals surface area contributed by atoms with Crippen LogP contribution in [0.15, 0.2) is 25.3 Å². The average Bonchev–Trinajstić information content (AvgIpc) is 3.57. The van der Waals surface area contributed by atoms with Gasteiger partial charge in [0.1, 0.15) is 17.7 Å². The summed E-state index contributed by atoms with van der Waals surface area (Å²) in [5, 5.41) is 13.4. The summed E-state index contributed by atoms with van der Waals surface area (Å²) in [7, 11) is 0. The van der Waals surface area contributed by atoms with Crippen molar-refractivity contribution in [2.45, 2.75) is 129 Å². The summed E-state index contributed by atoms with van der Waals surface area (Å²) in [5.74, 6) is -3.00. The van der Waals surface area contributed by atoms with Gasteiger partial charge in [-0.3, -0.25) is 19.2 Å². The van der Waals surface area contributed by atoms with E-state index in [9.17, 15) is 24.3 Å². The van der Waals surface area contributed by atoms with Gasteiger partial charge in [0.05, 0.1) is 37.1 Å². The number of rotatable bonds is 16. The number of likely N-dealkylation sites (tertiary alicyclic amines) is 1. The van der Waals surface area contributed by atoms with Gasteiger partial charge in [-0.1, -0.05) is 46.8 Å². The summed E-state index contributed by atoms with van der Waals surface area (Å²) >= 11 is 0. The molecule has 45 heavy (non-hydrogen) atoms. The van der Waals surface area contributed by atoms with Crippen LogP contribution in [-0.2, 0) is 28.7 Å². The minimum atomic E-state index is -1.22. The number of aliphatic hydroxyl groups is 1. The van der Waals surface area contributed by atoms with E-state index in [0.717, 1.165) is 0 Å². The van der Waals surface area contributed by atoms with E-state index >= 15 is 0 Å². The molecule has 0 radical (unpaired) electrons. The van der Waals surface area contributed by atoms with Gasteiger partial charge >= 0.3 is 5.97 Å². The lowest BCUT2D eigenvalue weighted by Crippen LogP contribution is -2.62. The highest BCUT2D eigenvalue weighted by Crippen LogP contribution is 2.59. The first-order valence-corrected chi connectivity index (χ1v) is 16.5. The van der Waals surface area contributed by atoms with Crippen molar-refractivity contribution in [1.29, 1.82) is 0 Å². The third kappa shape index (κ3) is 7.81. The van der Waals surface area contributed by atoms with Crippen LogP contribution in [0.4, 0.5) is 0 Å². The monoisotopic (exact) mass is 631 g/mol. The van der Waals surface area contributed by atoms with Crippen molar-refractivity contribution in [1.82, 2.24) is 15.1 Å². The average molecular weight is 632 g/mol. The number of nitrogens with zero attached hydrogens (tertiary/aromatic N) is 2. The Balaban J connectivity index is 1.99. The van der Waals surface area contributed by atoms with E-state index in [1.807, 2.05) is 27.7 Å². The van der Waals surface area contributed by atoms with E-state index in [0.29, 0.717) is 38.5 Å². The second-order valence-corrected chi connectivity index (χ2v) is 15.4. The Morgan fingerprint density at radius 1 is 1.18 bits per heavy atom. The molecule has 3 rings (SSSR count). The molecule has 0 aromatic heterocycles. The fourth-order valence-corrected chi connectivity index (χ4v) is 8.05. The topological polar surface area (TPSA) is 125 Å². The number of ether oxygens (including phenoxy) is 2. The first-order chi connectivity index (χ1) is 20.9. The van der Waals surface area contributed by atoms with Crippen LogP contribution in [0.25, 0.3) is 0 Å². The van der Waals surface area contributed by atoms with Crippen molar-refractivity contribution < 1.29 is 33.8 Å². The molecule has 10 heteroatoms. The van der Waals surface area contributed by atoms with Gasteiger partial charge in [-0.25, -0.2) is 0 Å². The molecule has 3 saturated heterocycles. The molecular weight excluding hydrogens is 574 g/mol. The number of amides is 3. The molecule has 7 atom stereocenters. The van der Waals surface area contributed by atoms with Crippen LogP contribution in [0.2, 0.25) is 0 Å². The molecule has 3 fully saturated rings. The number of hydrogen-bond acceptors (Lipinski definition) is 7. The van der Waals surface area contributed by atoms with E-state index in [-0.39, 0.29) is 48.8 Å². The molecule has 3 heterocycles. The minimum Gasteiger partial charge on any atom is -0.460 e. The summed E-state index contributed by atoms with van der Waals surface area (Å²) in [6.45, 7) is 23.8. The highest BCUT2D eigenvalue weighted by Gasteiger charge is 2.76. The van der Waals surface area contributed by atoms with Crippen molar-refractivity contribution in [2.24, 2.45) is 23.2 Å². The molecule has 10 nitrogen and oxygen atoms in total. The Morgan fingerprint density at radius 2 is 1.84 bits per heavy atom. The van der Waals surface area contributed by atoms with Crippen molar-refractivity contribution in [2.75, 3.05) is 19.7 Å². The third-order valence-electron chi connectivity index (χ3n) is 9.34. The number of nitrogens with one attached hydrogen (secondary N) is 1. The SMILES string of the molecule is C=CCCC(=O)NC[C@H](C)OC(=O)[C@@H]1[C@H]2C(=O)N([C@@H](CO)CC(C)C)[C@H](C(=O)N(CC=C)C(C)(C)CC(C)(C)C)[C@]23CC[C@H]1O3. The molecule has 3 aliphatic rings. The van der Waals surface area contributed by atoms with Crippen LogP contribution >= 0.6 is 0 Å². The quantitative estimate of drug-likeness (QED) is 0.195. The Bertz CT molecular complexity index is 1130. The van der Waals surface area contributed by atoms with E-state index in [4.69, 9.17) is 9.47 Å². The summed E-state index contributed by atoms with van der Waals surface area (Å²) in [5.41, 5.74) is -1.88. The third-order valence-corrected chi connectivity index (χ3v) is 9.34. The van der Waals surface area contributed by atoms with E-state index < -0.39 is 53.2 Å². The molecule has 3 aliphatic heterocycles. The first-order valence-electron chi connectivity index (χ1n) is 16.5. The number of aliphatic hydroxyl groups excluding tert-OH is 1. The number of carbonyl (C=O) groups excluding carboxylic acids is 4. The minimum absolute atomic E-state index is 0.0839. The zero-order valence-electron chi connectivity index (χ0n) is 28.8. The molecule has 2 bridgehead atoms. The number of esters is 1. The van der Waals surface area contributed by atoms with Crippen LogP contribution in [-0.4, -0.2) is 93.7 Å². The second kappa shape index (κ2) is 14.4. The first kappa shape index (κ1) is 36.7. The van der Waals surface area contributed by atoms with Crippen molar-refractivity contribution in [3.63, 3.8) is 0 Å². The molecule has 0 aliphatic carbocycles. The smallest absolute Gasteiger partial charge is 0.312 e. The Kier molecular flexibility index (Phi) is 11.7. The normalized spacial score (nSPS) is 27.2. The summed E-state index contributed by atoms with van der Waals surface area (Å²) in [6, 6.07) is -1.62. The molecule has 0 unspecified atom stereocenters. The molecule has 2 N–H and O–H groups in total. The maximum Gasteiger partial charge on any atom is 0.312 e. The van der Waals surface area contributed by atoms with Crippen molar-refractivity contribution in [3.05, 3.63) is 25.3 Å². The van der Waals surface area contributed by atoms with Gasteiger partial charge < -0.3 is 29.7 Å². The fraction of sp³-hybridized carbons (Fsp3) is 0.771. The number of fused-ring (bicyclic) bond motifs is 1. The lowest BCUT2D eigenvalue weighted by molar-refractivity contribution is -0.160. The molecular formula is C35H57N3O7.